The van der Waals surface area contributed by atoms with Crippen LogP contribution in [0.25, 0.3) is 42.9 Å². The zero-order valence-corrected chi connectivity index (χ0v) is 60.3. The van der Waals surface area contributed by atoms with Crippen molar-refractivity contribution < 1.29 is 26.4 Å². The molecular weight excluding hydrogens is 1250 g/mol. The van der Waals surface area contributed by atoms with E-state index in [0.29, 0.717) is 66.8 Å². The summed E-state index contributed by atoms with van der Waals surface area (Å²) in [5, 5.41) is 5.00. The number of likely N-dealkylation sites (tertiary alicyclic amines) is 1. The number of halogens is 2. The summed E-state index contributed by atoms with van der Waals surface area (Å²) >= 11 is 9.70. The number of carbonyl (C=O) groups excluding carboxylic acids is 2. The van der Waals surface area contributed by atoms with Gasteiger partial charge in [-0.15, -0.1) is 46.7 Å². The van der Waals surface area contributed by atoms with Crippen LogP contribution in [0.2, 0.25) is 0 Å². The van der Waals surface area contributed by atoms with Crippen molar-refractivity contribution in [3.05, 3.63) is 91.7 Å². The number of piperidine rings is 2. The van der Waals surface area contributed by atoms with Gasteiger partial charge in [0.25, 0.3) is 0 Å². The van der Waals surface area contributed by atoms with E-state index in [1.807, 2.05) is 0 Å². The predicted molar refractivity (Wildman–Crippen MR) is 378 cm³/mol. The van der Waals surface area contributed by atoms with Crippen LogP contribution in [0.4, 0.5) is 0 Å². The van der Waals surface area contributed by atoms with Crippen LogP contribution in [-0.4, -0.2) is 140 Å². The molecule has 2 amide bonds. The molecule has 0 spiro atoms. The predicted octanol–water partition coefficient (Wildman–Crippen LogP) is 14.0. The third-order valence-corrected chi connectivity index (χ3v) is 27.0. The third kappa shape index (κ3) is 15.4. The number of alkyl halides is 1. The Morgan fingerprint density at radius 2 is 0.911 bits per heavy atom. The molecule has 6 aromatic rings. The van der Waals surface area contributed by atoms with Gasteiger partial charge >= 0.3 is 0 Å². The van der Waals surface area contributed by atoms with Crippen molar-refractivity contribution in [2.45, 2.75) is 218 Å². The van der Waals surface area contributed by atoms with E-state index in [4.69, 9.17) is 11.6 Å². The Kier molecular flexibility index (Phi) is 22.7. The summed E-state index contributed by atoms with van der Waals surface area (Å²) in [6, 6.07) is 19.8. The SMILES string of the molecule is CC(C)S(=O)(=O)NCC1CCNCC1.Cc1cc(C)cc(-c2[nH]c3sc(C(C)(C)C(=O)N4C5CCC4CC5)cc3c2CCCl)c1.Cc1cc(C)cc(-c2[nH]c3sc(C(C)(C)C(=O)N4C5CCC4CC5)cc3c2CCN2CCC(CNS(=O)(=O)C(C)C)CC2)c1.Cl. The summed E-state index contributed by atoms with van der Waals surface area (Å²) in [7, 11) is -6.29. The summed E-state index contributed by atoms with van der Waals surface area (Å²) in [4.78, 5) is 46.6. The molecule has 0 saturated carbocycles. The number of aromatic amines is 2. The van der Waals surface area contributed by atoms with E-state index in [2.05, 4.69) is 143 Å². The topological polar surface area (TPSA) is 180 Å². The number of H-pyrrole nitrogens is 2. The van der Waals surface area contributed by atoms with Gasteiger partial charge in [0, 0.05) is 70.2 Å². The fourth-order valence-electron chi connectivity index (χ4n) is 14.9. The van der Waals surface area contributed by atoms with Gasteiger partial charge in [0.15, 0.2) is 0 Å². The monoisotopic (exact) mass is 1350 g/mol. The Hall–Kier alpha value is -3.82. The van der Waals surface area contributed by atoms with Crippen LogP contribution >= 0.6 is 46.7 Å². The zero-order chi connectivity index (χ0) is 63.9. The Balaban J connectivity index is 0.000000181. The summed E-state index contributed by atoms with van der Waals surface area (Å²) in [6.07, 6.45) is 15.2. The highest BCUT2D eigenvalue weighted by Crippen LogP contribution is 2.47. The van der Waals surface area contributed by atoms with E-state index in [1.165, 1.54) is 92.4 Å². The first-order valence-corrected chi connectivity index (χ1v) is 38.5. The zero-order valence-electron chi connectivity index (χ0n) is 55.5. The van der Waals surface area contributed by atoms with Crippen molar-refractivity contribution in [3.8, 4) is 22.5 Å². The van der Waals surface area contributed by atoms with Crippen molar-refractivity contribution in [2.24, 2.45) is 11.8 Å². The van der Waals surface area contributed by atoms with Crippen LogP contribution in [0.15, 0.2) is 48.5 Å². The van der Waals surface area contributed by atoms with Gasteiger partial charge in [0.05, 0.1) is 32.7 Å². The van der Waals surface area contributed by atoms with Gasteiger partial charge < -0.3 is 30.0 Å². The molecule has 4 aromatic heterocycles. The molecule has 2 aromatic carbocycles. The first kappa shape index (κ1) is 70.5. The summed E-state index contributed by atoms with van der Waals surface area (Å²) in [6.45, 7) is 30.0. The standard InChI is InChI=1S/C35H50N4O3S2.C26H31ClN2OS.C9H20N2O2S.ClH/c1-22(2)44(41,42)36-21-25-11-14-38(15-12-25)16-13-29-30-20-31(35(5,6)34(40)39-27-7-8-28(39)10-9-27)43-33(30)37-32(29)26-18-23(3)17-24(4)19-26;1-15-11-16(2)13-17(12-15)23-20(9-10-27)21-14-22(31-24(21)28-23)26(3,4)25(30)29-18-5-6-19(29)8-7-18;1-8(2)14(12,13)11-7-9-3-5-10-6-4-9;/h17-20,22,25,27-28,36-37H,7-16,21H2,1-6H3;11-14,18-19,28H,5-10H2,1-4H3;8-11H,3-7H2,1-2H3;1H. The number of nitrogens with zero attached hydrogens (tertiary/aromatic N) is 3. The van der Waals surface area contributed by atoms with Crippen LogP contribution in [0.5, 0.6) is 0 Å². The maximum Gasteiger partial charge on any atom is 0.233 e. The van der Waals surface area contributed by atoms with E-state index in [9.17, 15) is 26.4 Å². The van der Waals surface area contributed by atoms with E-state index >= 15 is 0 Å². The maximum absolute atomic E-state index is 13.9. The molecule has 0 unspecified atom stereocenters. The number of nitrogens with one attached hydrogen (secondary N) is 5. The molecule has 4 bridgehead atoms. The molecule has 10 heterocycles. The lowest BCUT2D eigenvalue weighted by Crippen LogP contribution is -2.45. The fourth-order valence-corrected chi connectivity index (χ4v) is 19.1. The molecule has 14 nitrogen and oxygen atoms in total. The van der Waals surface area contributed by atoms with Gasteiger partial charge in [0.1, 0.15) is 9.66 Å². The van der Waals surface area contributed by atoms with Gasteiger partial charge in [-0.05, 0) is 270 Å². The van der Waals surface area contributed by atoms with Crippen LogP contribution in [-0.2, 0) is 53.3 Å². The number of carbonyl (C=O) groups is 2. The molecule has 0 radical (unpaired) electrons. The Morgan fingerprint density at radius 1 is 0.556 bits per heavy atom. The number of hydrogen-bond donors (Lipinski definition) is 5. The smallest absolute Gasteiger partial charge is 0.233 e. The number of sulfonamides is 2. The van der Waals surface area contributed by atoms with E-state index in [-0.39, 0.29) is 17.7 Å². The van der Waals surface area contributed by atoms with Crippen LogP contribution in [0, 0.1) is 39.5 Å². The average molecular weight is 1350 g/mol. The van der Waals surface area contributed by atoms with Gasteiger partial charge in [-0.1, -0.05) is 34.4 Å². The van der Waals surface area contributed by atoms with Crippen molar-refractivity contribution >= 4 is 99.0 Å². The second-order valence-corrected chi connectivity index (χ2v) is 35.7. The molecule has 5 N–H and O–H groups in total. The second kappa shape index (κ2) is 29.0. The fraction of sp³-hybridized carbons (Fsp3) is 0.629. The minimum absolute atomic E-state index is 0. The van der Waals surface area contributed by atoms with Crippen molar-refractivity contribution in [2.75, 3.05) is 51.7 Å². The highest BCUT2D eigenvalue weighted by molar-refractivity contribution is 7.90. The molecule has 6 aliphatic heterocycles. The normalized spacial score (nSPS) is 21.0. The van der Waals surface area contributed by atoms with Gasteiger partial charge in [0.2, 0.25) is 31.9 Å². The molecule has 6 saturated heterocycles. The first-order valence-electron chi connectivity index (χ1n) is 33.2. The molecule has 496 valence electrons. The molecule has 0 aliphatic carbocycles. The number of fused-ring (bicyclic) bond motifs is 6. The molecular formula is C70H102Cl2N8O6S4. The first-order chi connectivity index (χ1) is 42.1. The minimum atomic E-state index is -3.22. The molecule has 12 rings (SSSR count). The van der Waals surface area contributed by atoms with E-state index in [1.54, 1.807) is 50.4 Å². The Labute approximate surface area is 557 Å². The molecule has 90 heavy (non-hydrogen) atoms. The number of amides is 2. The van der Waals surface area contributed by atoms with Crippen molar-refractivity contribution in [3.63, 3.8) is 0 Å². The number of aromatic nitrogens is 2. The van der Waals surface area contributed by atoms with E-state index < -0.39 is 36.1 Å². The molecule has 20 heteroatoms. The third-order valence-electron chi connectivity index (χ3n) is 20.5. The van der Waals surface area contributed by atoms with E-state index in [0.717, 1.165) is 116 Å². The highest BCUT2D eigenvalue weighted by atomic mass is 35.5. The quantitative estimate of drug-likeness (QED) is 0.0497. The largest absolute Gasteiger partial charge is 0.346 e. The number of aryl methyl sites for hydroxylation is 5. The second-order valence-electron chi connectivity index (χ2n) is 28.6. The van der Waals surface area contributed by atoms with Crippen LogP contribution in [0.3, 0.4) is 0 Å². The molecule has 6 aliphatic rings. The summed E-state index contributed by atoms with van der Waals surface area (Å²) in [5.41, 5.74) is 11.4. The summed E-state index contributed by atoms with van der Waals surface area (Å²) < 4.78 is 52.8. The van der Waals surface area contributed by atoms with Crippen LogP contribution in [0.1, 0.15) is 176 Å². The summed E-state index contributed by atoms with van der Waals surface area (Å²) in [5.74, 6) is 2.06. The minimum Gasteiger partial charge on any atom is -0.346 e. The average Bonchev–Trinajstić information content (AvgIpc) is 1.61. The lowest BCUT2D eigenvalue weighted by Gasteiger charge is -2.32. The van der Waals surface area contributed by atoms with Gasteiger partial charge in [-0.2, -0.15) is 0 Å². The Morgan fingerprint density at radius 3 is 1.27 bits per heavy atom. The lowest BCUT2D eigenvalue weighted by atomic mass is 9.88. The van der Waals surface area contributed by atoms with Crippen molar-refractivity contribution in [1.29, 1.82) is 0 Å². The molecule has 0 atom stereocenters. The van der Waals surface area contributed by atoms with Gasteiger partial charge in [-0.25, -0.2) is 26.3 Å². The number of rotatable bonds is 19. The number of benzene rings is 2. The van der Waals surface area contributed by atoms with Crippen molar-refractivity contribution in [1.82, 2.24) is 39.4 Å². The Bertz CT molecular complexity index is 3640. The lowest BCUT2D eigenvalue weighted by molar-refractivity contribution is -0.138. The number of thiophene rings is 2. The number of hydrogen-bond acceptors (Lipinski definition) is 10. The van der Waals surface area contributed by atoms with Gasteiger partial charge in [-0.3, -0.25) is 9.59 Å². The highest BCUT2D eigenvalue weighted by Gasteiger charge is 2.49. The maximum atomic E-state index is 13.9. The molecule has 6 fully saturated rings. The van der Waals surface area contributed by atoms with Crippen LogP contribution < -0.4 is 14.8 Å².